The molecular weight excluding hydrogens is 248 g/mol. The van der Waals surface area contributed by atoms with Crippen molar-refractivity contribution in [3.05, 3.63) is 0 Å². The lowest BCUT2D eigenvalue weighted by Gasteiger charge is -2.47. The van der Waals surface area contributed by atoms with Crippen LogP contribution in [0, 0.1) is 16.2 Å². The fourth-order valence-electron chi connectivity index (χ4n) is 3.29. The number of esters is 3. The van der Waals surface area contributed by atoms with Crippen molar-refractivity contribution in [3.8, 4) is 0 Å². The maximum absolute atomic E-state index is 12.4. The zero-order valence-corrected chi connectivity index (χ0v) is 12.0. The Morgan fingerprint density at radius 3 is 2.26 bits per heavy atom. The third-order valence-electron chi connectivity index (χ3n) is 5.12. The van der Waals surface area contributed by atoms with E-state index in [4.69, 9.17) is 9.47 Å². The van der Waals surface area contributed by atoms with Crippen molar-refractivity contribution in [1.29, 1.82) is 0 Å². The molecule has 1 saturated heterocycles. The minimum absolute atomic E-state index is 0.298. The summed E-state index contributed by atoms with van der Waals surface area (Å²) in [5.74, 6) is -1.87. The van der Waals surface area contributed by atoms with Crippen molar-refractivity contribution in [2.75, 3.05) is 0 Å². The molecule has 1 aliphatic heterocycles. The Kier molecular flexibility index (Phi) is 2.81. The topological polar surface area (TPSA) is 69.7 Å². The smallest absolute Gasteiger partial charge is 0.331 e. The van der Waals surface area contributed by atoms with Gasteiger partial charge in [-0.05, 0) is 33.6 Å². The Hall–Kier alpha value is -1.39. The van der Waals surface area contributed by atoms with Gasteiger partial charge < -0.3 is 9.47 Å². The summed E-state index contributed by atoms with van der Waals surface area (Å²) >= 11 is 0. The van der Waals surface area contributed by atoms with E-state index in [2.05, 4.69) is 0 Å². The van der Waals surface area contributed by atoms with E-state index in [1.54, 1.807) is 34.6 Å². The zero-order valence-electron chi connectivity index (χ0n) is 12.0. The predicted octanol–water partition coefficient (Wildman–Crippen LogP) is 1.83. The molecule has 2 aliphatic rings. The molecule has 5 heteroatoms. The SMILES string of the molecule is CC(C)OC(=O)[C@]12CC[C@](C)(C(=O)OC1=O)C2(C)C. The molecule has 0 aromatic heterocycles. The van der Waals surface area contributed by atoms with E-state index in [1.165, 1.54) is 0 Å². The molecule has 2 fully saturated rings. The summed E-state index contributed by atoms with van der Waals surface area (Å²) in [5, 5.41) is 0. The summed E-state index contributed by atoms with van der Waals surface area (Å²) in [6.07, 6.45) is 0.444. The van der Waals surface area contributed by atoms with Gasteiger partial charge in [0, 0.05) is 5.41 Å². The number of hydrogen-bond acceptors (Lipinski definition) is 5. The fraction of sp³-hybridized carbons (Fsp3) is 0.786. The molecule has 1 heterocycles. The Bertz CT molecular complexity index is 464. The summed E-state index contributed by atoms with van der Waals surface area (Å²) in [6.45, 7) is 8.77. The van der Waals surface area contributed by atoms with Gasteiger partial charge in [0.15, 0.2) is 5.41 Å². The van der Waals surface area contributed by atoms with Crippen LogP contribution < -0.4 is 0 Å². The number of carbonyl (C=O) groups excluding carboxylic acids is 3. The van der Waals surface area contributed by atoms with Crippen LogP contribution in [0.5, 0.6) is 0 Å². The molecule has 0 spiro atoms. The summed E-state index contributed by atoms with van der Waals surface area (Å²) < 4.78 is 10.1. The van der Waals surface area contributed by atoms with E-state index in [0.29, 0.717) is 12.8 Å². The van der Waals surface area contributed by atoms with Gasteiger partial charge in [0.25, 0.3) is 0 Å². The van der Waals surface area contributed by atoms with Gasteiger partial charge in [-0.2, -0.15) is 0 Å². The summed E-state index contributed by atoms with van der Waals surface area (Å²) in [6, 6.07) is 0. The van der Waals surface area contributed by atoms with E-state index in [-0.39, 0.29) is 6.10 Å². The van der Waals surface area contributed by atoms with Gasteiger partial charge in [-0.3, -0.25) is 14.4 Å². The molecule has 0 amide bonds. The van der Waals surface area contributed by atoms with E-state index in [9.17, 15) is 14.4 Å². The van der Waals surface area contributed by atoms with Crippen molar-refractivity contribution < 1.29 is 23.9 Å². The molecule has 0 unspecified atom stereocenters. The molecule has 0 N–H and O–H groups in total. The maximum Gasteiger partial charge on any atom is 0.331 e. The molecule has 0 radical (unpaired) electrons. The van der Waals surface area contributed by atoms with Crippen LogP contribution >= 0.6 is 0 Å². The van der Waals surface area contributed by atoms with E-state index in [0.717, 1.165) is 0 Å². The molecular formula is C14H20O5. The first-order valence-corrected chi connectivity index (χ1v) is 6.57. The summed E-state index contributed by atoms with van der Waals surface area (Å²) in [4.78, 5) is 36.6. The molecule has 5 nitrogen and oxygen atoms in total. The molecule has 2 atom stereocenters. The van der Waals surface area contributed by atoms with Crippen LogP contribution in [-0.4, -0.2) is 24.0 Å². The van der Waals surface area contributed by atoms with E-state index >= 15 is 0 Å². The van der Waals surface area contributed by atoms with Crippen molar-refractivity contribution >= 4 is 17.9 Å². The predicted molar refractivity (Wildman–Crippen MR) is 65.9 cm³/mol. The number of rotatable bonds is 2. The number of fused-ring (bicyclic) bond motifs is 2. The lowest BCUT2D eigenvalue weighted by molar-refractivity contribution is -0.204. The monoisotopic (exact) mass is 268 g/mol. The maximum atomic E-state index is 12.4. The first kappa shape index (κ1) is 14.0. The Morgan fingerprint density at radius 1 is 1.16 bits per heavy atom. The first-order valence-electron chi connectivity index (χ1n) is 6.57. The van der Waals surface area contributed by atoms with E-state index in [1.807, 2.05) is 0 Å². The highest BCUT2D eigenvalue weighted by molar-refractivity contribution is 6.09. The first-order chi connectivity index (χ1) is 8.59. The van der Waals surface area contributed by atoms with Crippen LogP contribution in [0.3, 0.4) is 0 Å². The van der Waals surface area contributed by atoms with Crippen LogP contribution in [-0.2, 0) is 23.9 Å². The molecule has 0 aromatic rings. The van der Waals surface area contributed by atoms with Gasteiger partial charge in [0.2, 0.25) is 0 Å². The van der Waals surface area contributed by atoms with Crippen LogP contribution in [0.2, 0.25) is 0 Å². The average molecular weight is 268 g/mol. The van der Waals surface area contributed by atoms with E-state index < -0.39 is 34.2 Å². The molecule has 1 aliphatic carbocycles. The number of hydrogen-bond donors (Lipinski definition) is 0. The van der Waals surface area contributed by atoms with Gasteiger partial charge in [-0.25, -0.2) is 0 Å². The second-order valence-corrected chi connectivity index (χ2v) is 6.49. The second kappa shape index (κ2) is 3.81. The molecule has 0 aromatic carbocycles. The Labute approximate surface area is 112 Å². The van der Waals surface area contributed by atoms with Crippen LogP contribution in [0.4, 0.5) is 0 Å². The van der Waals surface area contributed by atoms with Crippen molar-refractivity contribution in [1.82, 2.24) is 0 Å². The van der Waals surface area contributed by atoms with Gasteiger partial charge in [0.1, 0.15) is 0 Å². The van der Waals surface area contributed by atoms with Crippen molar-refractivity contribution in [2.24, 2.45) is 16.2 Å². The van der Waals surface area contributed by atoms with Gasteiger partial charge in [-0.1, -0.05) is 13.8 Å². The highest BCUT2D eigenvalue weighted by Crippen LogP contribution is 2.66. The largest absolute Gasteiger partial charge is 0.462 e. The van der Waals surface area contributed by atoms with Crippen molar-refractivity contribution in [2.45, 2.75) is 53.6 Å². The number of ether oxygens (including phenoxy) is 2. The highest BCUT2D eigenvalue weighted by Gasteiger charge is 2.76. The molecule has 2 rings (SSSR count). The van der Waals surface area contributed by atoms with Crippen molar-refractivity contribution in [3.63, 3.8) is 0 Å². The molecule has 106 valence electrons. The van der Waals surface area contributed by atoms with Gasteiger partial charge >= 0.3 is 17.9 Å². The molecule has 1 saturated carbocycles. The molecule has 2 bridgehead atoms. The minimum atomic E-state index is -1.36. The van der Waals surface area contributed by atoms with Gasteiger partial charge in [0.05, 0.1) is 11.5 Å². The second-order valence-electron chi connectivity index (χ2n) is 6.49. The number of carbonyl (C=O) groups is 3. The fourth-order valence-corrected chi connectivity index (χ4v) is 3.29. The quantitative estimate of drug-likeness (QED) is 0.564. The lowest BCUT2D eigenvalue weighted by Crippen LogP contribution is -2.60. The molecule has 19 heavy (non-hydrogen) atoms. The Balaban J connectivity index is 2.53. The average Bonchev–Trinajstić information content (AvgIpc) is 2.40. The number of cyclic esters (lactones) is 2. The highest BCUT2D eigenvalue weighted by atomic mass is 16.6. The third-order valence-corrected chi connectivity index (χ3v) is 5.12. The van der Waals surface area contributed by atoms with Crippen LogP contribution in [0.1, 0.15) is 47.5 Å². The third kappa shape index (κ3) is 1.44. The summed E-state index contributed by atoms with van der Waals surface area (Å²) in [7, 11) is 0. The normalized spacial score (nSPS) is 36.3. The lowest BCUT2D eigenvalue weighted by atomic mass is 9.57. The van der Waals surface area contributed by atoms with Crippen LogP contribution in [0.15, 0.2) is 0 Å². The zero-order chi connectivity index (χ0) is 14.6. The minimum Gasteiger partial charge on any atom is -0.462 e. The van der Waals surface area contributed by atoms with Gasteiger partial charge in [-0.15, -0.1) is 0 Å². The summed E-state index contributed by atoms with van der Waals surface area (Å²) in [5.41, 5.74) is -2.99. The standard InChI is InChI=1S/C14H20O5/c1-8(2)18-10(16)14-7-6-13(5,12(14,3)4)9(15)19-11(14)17/h8H,6-7H2,1-5H3/t13-,14-/m1/s1. The Morgan fingerprint density at radius 2 is 1.74 bits per heavy atom. The van der Waals surface area contributed by atoms with Crippen LogP contribution in [0.25, 0.3) is 0 Å².